The van der Waals surface area contributed by atoms with Crippen molar-refractivity contribution in [2.45, 2.75) is 39.2 Å². The first-order valence-corrected chi connectivity index (χ1v) is 14.6. The molecule has 0 spiro atoms. The molecule has 0 aliphatic carbocycles. The number of morpholine rings is 1. The topological polar surface area (TPSA) is 151 Å². The van der Waals surface area contributed by atoms with Crippen molar-refractivity contribution in [2.75, 3.05) is 56.2 Å². The van der Waals surface area contributed by atoms with Gasteiger partial charge in [-0.2, -0.15) is 5.10 Å². The number of hydrogen-bond acceptors (Lipinski definition) is 10. The van der Waals surface area contributed by atoms with E-state index < -0.39 is 5.91 Å². The number of aromatic nitrogens is 3. The fourth-order valence-corrected chi connectivity index (χ4v) is 5.46. The first-order valence-electron chi connectivity index (χ1n) is 14.6. The molecule has 2 saturated heterocycles. The molecule has 3 aromatic heterocycles. The molecule has 226 valence electrons. The Morgan fingerprint density at radius 1 is 1.05 bits per heavy atom. The minimum Gasteiger partial charge on any atom is -0.378 e. The Kier molecular flexibility index (Phi) is 9.27. The highest BCUT2D eigenvalue weighted by molar-refractivity contribution is 6.48. The highest BCUT2D eigenvalue weighted by Gasteiger charge is 2.31. The summed E-state index contributed by atoms with van der Waals surface area (Å²) in [6, 6.07) is 9.10. The number of hydrazone groups is 1. The van der Waals surface area contributed by atoms with Crippen LogP contribution >= 0.6 is 0 Å². The number of hydrogen-bond donors (Lipinski definition) is 3. The van der Waals surface area contributed by atoms with Crippen LogP contribution in [0.15, 0.2) is 54.0 Å². The number of rotatable bonds is 9. The molecule has 2 aliphatic heterocycles. The number of aryl methyl sites for hydroxylation is 1. The lowest BCUT2D eigenvalue weighted by Gasteiger charge is -2.31. The maximum absolute atomic E-state index is 13.2. The molecule has 2 amide bonds. The lowest BCUT2D eigenvalue weighted by atomic mass is 10.0. The van der Waals surface area contributed by atoms with Gasteiger partial charge >= 0.3 is 0 Å². The zero-order chi connectivity index (χ0) is 30.4. The minimum absolute atomic E-state index is 0.0437. The van der Waals surface area contributed by atoms with Crippen molar-refractivity contribution >= 4 is 29.0 Å². The molecule has 0 radical (unpaired) electrons. The minimum atomic E-state index is -0.556. The van der Waals surface area contributed by atoms with E-state index in [1.807, 2.05) is 18.2 Å². The van der Waals surface area contributed by atoms with E-state index in [1.165, 1.54) is 12.6 Å². The van der Waals surface area contributed by atoms with Crippen LogP contribution in [0.2, 0.25) is 0 Å². The molecule has 12 heteroatoms. The summed E-state index contributed by atoms with van der Waals surface area (Å²) in [6.45, 7) is 11.5. The van der Waals surface area contributed by atoms with Crippen LogP contribution in [0.4, 0.5) is 11.5 Å². The second-order valence-corrected chi connectivity index (χ2v) is 11.4. The van der Waals surface area contributed by atoms with Crippen LogP contribution in [-0.4, -0.2) is 88.9 Å². The maximum Gasteiger partial charge on any atom is 0.278 e. The van der Waals surface area contributed by atoms with Gasteiger partial charge in [0.05, 0.1) is 35.9 Å². The van der Waals surface area contributed by atoms with Gasteiger partial charge < -0.3 is 26.1 Å². The summed E-state index contributed by atoms with van der Waals surface area (Å²) in [4.78, 5) is 43.9. The van der Waals surface area contributed by atoms with E-state index >= 15 is 0 Å². The summed E-state index contributed by atoms with van der Waals surface area (Å²) in [5.41, 5.74) is 3.53. The molecule has 0 atom stereocenters. The number of carbonyl (C=O) groups is 2. The number of ether oxygens (including phenoxy) is 1. The standard InChI is InChI=1S/C31H39N9O3/c1-21-26(17-24(20-35-21)29(41)34-10-12-40-11-4-8-31(40,2)3)37-30(42)28(38-32)25-6-5-23(19-36-25)22-7-9-33-27(18-22)39-13-15-43-16-14-39/h5-7,9,17-20H,4,8,10-16,32H2,1-3H3,(H,34,41)(H,37,42)/b38-28+. The first-order chi connectivity index (χ1) is 20.7. The summed E-state index contributed by atoms with van der Waals surface area (Å²) >= 11 is 0. The molecule has 2 aliphatic rings. The second kappa shape index (κ2) is 13.3. The van der Waals surface area contributed by atoms with Crippen LogP contribution in [0, 0.1) is 6.92 Å². The van der Waals surface area contributed by atoms with E-state index in [1.54, 1.807) is 31.5 Å². The zero-order valence-electron chi connectivity index (χ0n) is 25.0. The average Bonchev–Trinajstić information content (AvgIpc) is 3.36. The van der Waals surface area contributed by atoms with Crippen molar-refractivity contribution in [1.29, 1.82) is 0 Å². The van der Waals surface area contributed by atoms with Crippen molar-refractivity contribution in [3.05, 3.63) is 65.9 Å². The fraction of sp³-hybridized carbons (Fsp3) is 0.419. The Bertz CT molecular complexity index is 1480. The third-order valence-electron chi connectivity index (χ3n) is 8.10. The largest absolute Gasteiger partial charge is 0.378 e. The van der Waals surface area contributed by atoms with Crippen LogP contribution in [0.1, 0.15) is 48.4 Å². The van der Waals surface area contributed by atoms with Crippen molar-refractivity contribution in [2.24, 2.45) is 10.9 Å². The molecule has 5 rings (SSSR count). The third kappa shape index (κ3) is 7.15. The van der Waals surface area contributed by atoms with Gasteiger partial charge in [0.25, 0.3) is 11.8 Å². The normalized spacial score (nSPS) is 17.1. The number of anilines is 2. The molecule has 12 nitrogen and oxygen atoms in total. The summed E-state index contributed by atoms with van der Waals surface area (Å²) in [5.74, 6) is 5.70. The van der Waals surface area contributed by atoms with Crippen LogP contribution < -0.4 is 21.4 Å². The van der Waals surface area contributed by atoms with Gasteiger partial charge in [0.15, 0.2) is 5.71 Å². The van der Waals surface area contributed by atoms with Crippen LogP contribution in [0.25, 0.3) is 11.1 Å². The number of nitrogens with zero attached hydrogens (tertiary/aromatic N) is 6. The molecular formula is C31H39N9O3. The Labute approximate surface area is 251 Å². The molecule has 3 aromatic rings. The summed E-state index contributed by atoms with van der Waals surface area (Å²) in [7, 11) is 0. The molecule has 4 N–H and O–H groups in total. The fourth-order valence-electron chi connectivity index (χ4n) is 5.46. The van der Waals surface area contributed by atoms with Crippen molar-refractivity contribution in [3.8, 4) is 11.1 Å². The van der Waals surface area contributed by atoms with Gasteiger partial charge in [0, 0.05) is 55.9 Å². The third-order valence-corrected chi connectivity index (χ3v) is 8.10. The highest BCUT2D eigenvalue weighted by Crippen LogP contribution is 2.27. The lowest BCUT2D eigenvalue weighted by molar-refractivity contribution is -0.110. The lowest BCUT2D eigenvalue weighted by Crippen LogP contribution is -2.43. The van der Waals surface area contributed by atoms with Gasteiger partial charge in [-0.05, 0) is 70.0 Å². The first kappa shape index (κ1) is 30.1. The number of pyridine rings is 3. The van der Waals surface area contributed by atoms with Gasteiger partial charge in [-0.1, -0.05) is 6.07 Å². The molecule has 0 aromatic carbocycles. The van der Waals surface area contributed by atoms with Gasteiger partial charge in [-0.3, -0.25) is 24.5 Å². The second-order valence-electron chi connectivity index (χ2n) is 11.4. The van der Waals surface area contributed by atoms with E-state index in [-0.39, 0.29) is 17.2 Å². The number of carbonyl (C=O) groups excluding carboxylic acids is 2. The molecule has 43 heavy (non-hydrogen) atoms. The van der Waals surface area contributed by atoms with Gasteiger partial charge in [-0.25, -0.2) is 4.98 Å². The number of nitrogens with one attached hydrogen (secondary N) is 2. The number of likely N-dealkylation sites (tertiary alicyclic amines) is 1. The highest BCUT2D eigenvalue weighted by atomic mass is 16.5. The summed E-state index contributed by atoms with van der Waals surface area (Å²) < 4.78 is 5.44. The molecule has 0 saturated carbocycles. The monoisotopic (exact) mass is 585 g/mol. The van der Waals surface area contributed by atoms with E-state index in [4.69, 9.17) is 10.6 Å². The molecule has 5 heterocycles. The zero-order valence-corrected chi connectivity index (χ0v) is 25.0. The number of amides is 2. The van der Waals surface area contributed by atoms with E-state index in [9.17, 15) is 9.59 Å². The molecule has 0 bridgehead atoms. The summed E-state index contributed by atoms with van der Waals surface area (Å²) in [5, 5.41) is 9.48. The SMILES string of the molecule is Cc1ncc(C(=O)NCCN2CCCC2(C)C)cc1NC(=O)/C(=N/N)c1ccc(-c2ccnc(N3CCOCC3)c2)cn1. The van der Waals surface area contributed by atoms with Crippen molar-refractivity contribution in [1.82, 2.24) is 25.2 Å². The van der Waals surface area contributed by atoms with Crippen molar-refractivity contribution < 1.29 is 14.3 Å². The van der Waals surface area contributed by atoms with Crippen LogP contribution in [-0.2, 0) is 9.53 Å². The van der Waals surface area contributed by atoms with E-state index in [2.05, 4.69) is 54.3 Å². The smallest absolute Gasteiger partial charge is 0.278 e. The Morgan fingerprint density at radius 2 is 1.86 bits per heavy atom. The van der Waals surface area contributed by atoms with Gasteiger partial charge in [0.2, 0.25) is 0 Å². The van der Waals surface area contributed by atoms with Crippen LogP contribution in [0.3, 0.4) is 0 Å². The Hall–Kier alpha value is -4.42. The molecular weight excluding hydrogens is 546 g/mol. The summed E-state index contributed by atoms with van der Waals surface area (Å²) in [6.07, 6.45) is 7.27. The van der Waals surface area contributed by atoms with Crippen LogP contribution in [0.5, 0.6) is 0 Å². The number of nitrogens with two attached hydrogens (primary N) is 1. The van der Waals surface area contributed by atoms with E-state index in [0.29, 0.717) is 42.4 Å². The predicted molar refractivity (Wildman–Crippen MR) is 166 cm³/mol. The Balaban J connectivity index is 1.22. The van der Waals surface area contributed by atoms with Crippen molar-refractivity contribution in [3.63, 3.8) is 0 Å². The van der Waals surface area contributed by atoms with E-state index in [0.717, 1.165) is 49.5 Å². The quantitative estimate of drug-likeness (QED) is 0.196. The average molecular weight is 586 g/mol. The molecule has 2 fully saturated rings. The van der Waals surface area contributed by atoms with Gasteiger partial charge in [0.1, 0.15) is 5.82 Å². The predicted octanol–water partition coefficient (Wildman–Crippen LogP) is 2.59. The molecule has 0 unspecified atom stereocenters. The maximum atomic E-state index is 13.2. The Morgan fingerprint density at radius 3 is 2.56 bits per heavy atom. The van der Waals surface area contributed by atoms with Gasteiger partial charge in [-0.15, -0.1) is 0 Å².